The first kappa shape index (κ1) is 14.1. The smallest absolute Gasteiger partial charge is 0.138 e. The number of benzene rings is 1. The largest absolute Gasteiger partial charge is 0.283 e. The monoisotopic (exact) mass is 299 g/mol. The molecule has 0 atom stereocenters. The summed E-state index contributed by atoms with van der Waals surface area (Å²) in [4.78, 5) is 9.21. The van der Waals surface area contributed by atoms with Gasteiger partial charge in [0.2, 0.25) is 0 Å². The second kappa shape index (κ2) is 5.49. The lowest BCUT2D eigenvalue weighted by Crippen LogP contribution is -2.01. The molecule has 0 radical (unpaired) electrons. The molecular formula is C17H18ClN3. The van der Waals surface area contributed by atoms with Crippen molar-refractivity contribution in [3.63, 3.8) is 0 Å². The molecule has 0 saturated heterocycles. The number of pyridine rings is 1. The second-order valence-electron chi connectivity index (χ2n) is 5.35. The third-order valence-electron chi connectivity index (χ3n) is 3.85. The summed E-state index contributed by atoms with van der Waals surface area (Å²) in [6.45, 7) is 6.32. The van der Waals surface area contributed by atoms with E-state index in [0.717, 1.165) is 34.5 Å². The van der Waals surface area contributed by atoms with Crippen molar-refractivity contribution in [2.24, 2.45) is 0 Å². The minimum Gasteiger partial charge on any atom is -0.283 e. The van der Waals surface area contributed by atoms with Crippen molar-refractivity contribution in [1.29, 1.82) is 0 Å². The number of aromatic nitrogens is 3. The number of alkyl halides is 1. The Morgan fingerprint density at radius 2 is 1.86 bits per heavy atom. The molecule has 108 valence electrons. The van der Waals surface area contributed by atoms with Gasteiger partial charge in [-0.15, -0.1) is 11.6 Å². The Hall–Kier alpha value is -1.87. The zero-order chi connectivity index (χ0) is 15.0. The molecule has 2 heterocycles. The summed E-state index contributed by atoms with van der Waals surface area (Å²) in [5.74, 6) is 1.38. The van der Waals surface area contributed by atoms with E-state index in [1.165, 1.54) is 11.1 Å². The molecule has 3 nitrogen and oxygen atoms in total. The van der Waals surface area contributed by atoms with Crippen LogP contribution in [0.3, 0.4) is 0 Å². The molecule has 3 rings (SSSR count). The minimum absolute atomic E-state index is 0.493. The van der Waals surface area contributed by atoms with Gasteiger partial charge in [-0.1, -0.05) is 6.92 Å². The topological polar surface area (TPSA) is 30.7 Å². The summed E-state index contributed by atoms with van der Waals surface area (Å²) in [5, 5.41) is 0. The number of hydrogen-bond donors (Lipinski definition) is 0. The van der Waals surface area contributed by atoms with Crippen LogP contribution in [0.5, 0.6) is 0 Å². The van der Waals surface area contributed by atoms with Crippen LogP contribution in [-0.4, -0.2) is 14.5 Å². The average molecular weight is 300 g/mol. The van der Waals surface area contributed by atoms with Crippen LogP contribution in [0.4, 0.5) is 0 Å². The average Bonchev–Trinajstić information content (AvgIpc) is 2.90. The molecule has 0 aliphatic carbocycles. The van der Waals surface area contributed by atoms with Gasteiger partial charge in [0.05, 0.1) is 11.0 Å². The number of imidazole rings is 1. The van der Waals surface area contributed by atoms with E-state index < -0.39 is 0 Å². The van der Waals surface area contributed by atoms with Crippen LogP contribution in [0.15, 0.2) is 30.6 Å². The molecule has 0 amide bonds. The summed E-state index contributed by atoms with van der Waals surface area (Å²) in [7, 11) is 0. The summed E-state index contributed by atoms with van der Waals surface area (Å²) in [5.41, 5.74) is 6.73. The summed E-state index contributed by atoms with van der Waals surface area (Å²) in [6.07, 6.45) is 2.73. The fourth-order valence-electron chi connectivity index (χ4n) is 2.46. The van der Waals surface area contributed by atoms with Gasteiger partial charge in [0.15, 0.2) is 0 Å². The summed E-state index contributed by atoms with van der Waals surface area (Å²) >= 11 is 6.00. The highest BCUT2D eigenvalue weighted by Crippen LogP contribution is 2.22. The Kier molecular flexibility index (Phi) is 3.68. The molecule has 0 N–H and O–H groups in total. The highest BCUT2D eigenvalue weighted by Gasteiger charge is 2.09. The highest BCUT2D eigenvalue weighted by atomic mass is 35.5. The van der Waals surface area contributed by atoms with Gasteiger partial charge in [-0.3, -0.25) is 4.57 Å². The Bertz CT molecular complexity index is 783. The van der Waals surface area contributed by atoms with E-state index in [9.17, 15) is 0 Å². The lowest BCUT2D eigenvalue weighted by Gasteiger charge is -2.09. The lowest BCUT2D eigenvalue weighted by molar-refractivity contribution is 0.950. The molecule has 21 heavy (non-hydrogen) atoms. The van der Waals surface area contributed by atoms with E-state index in [1.54, 1.807) is 0 Å². The third kappa shape index (κ3) is 2.54. The fourth-order valence-corrected chi connectivity index (χ4v) is 2.62. The molecule has 0 spiro atoms. The molecule has 0 bridgehead atoms. The van der Waals surface area contributed by atoms with Crippen molar-refractivity contribution >= 4 is 22.6 Å². The van der Waals surface area contributed by atoms with Gasteiger partial charge >= 0.3 is 0 Å². The molecule has 0 fully saturated rings. The van der Waals surface area contributed by atoms with Crippen molar-refractivity contribution in [3.8, 4) is 5.82 Å². The molecule has 1 aromatic carbocycles. The van der Waals surface area contributed by atoms with Gasteiger partial charge in [0.1, 0.15) is 12.1 Å². The van der Waals surface area contributed by atoms with Crippen LogP contribution >= 0.6 is 11.6 Å². The van der Waals surface area contributed by atoms with Gasteiger partial charge < -0.3 is 0 Å². The highest BCUT2D eigenvalue weighted by molar-refractivity contribution is 6.17. The molecule has 2 aromatic heterocycles. The fraction of sp³-hybridized carbons (Fsp3) is 0.294. The summed E-state index contributed by atoms with van der Waals surface area (Å²) < 4.78 is 2.04. The molecule has 3 aromatic rings. The Balaban J connectivity index is 2.22. The number of aryl methyl sites for hydroxylation is 3. The maximum absolute atomic E-state index is 6.00. The number of rotatable bonds is 3. The van der Waals surface area contributed by atoms with Gasteiger partial charge in [-0.2, -0.15) is 0 Å². The molecule has 0 unspecified atom stereocenters. The van der Waals surface area contributed by atoms with E-state index >= 15 is 0 Å². The van der Waals surface area contributed by atoms with Crippen molar-refractivity contribution in [2.45, 2.75) is 33.1 Å². The van der Waals surface area contributed by atoms with E-state index in [1.807, 2.05) is 17.0 Å². The van der Waals surface area contributed by atoms with Crippen LogP contribution in [0.25, 0.3) is 16.9 Å². The second-order valence-corrected chi connectivity index (χ2v) is 5.62. The van der Waals surface area contributed by atoms with Crippen LogP contribution in [-0.2, 0) is 12.3 Å². The summed E-state index contributed by atoms with van der Waals surface area (Å²) in [6, 6.07) is 8.37. The first-order chi connectivity index (χ1) is 10.1. The molecule has 0 aliphatic heterocycles. The predicted octanol–water partition coefficient (Wildman–Crippen LogP) is 4.34. The Labute approximate surface area is 129 Å². The van der Waals surface area contributed by atoms with E-state index in [-0.39, 0.29) is 0 Å². The van der Waals surface area contributed by atoms with E-state index in [2.05, 4.69) is 44.0 Å². The third-order valence-corrected chi connectivity index (χ3v) is 4.16. The number of halogens is 1. The molecular weight excluding hydrogens is 282 g/mol. The van der Waals surface area contributed by atoms with Crippen LogP contribution in [0, 0.1) is 13.8 Å². The van der Waals surface area contributed by atoms with Gasteiger partial charge in [0.25, 0.3) is 0 Å². The Morgan fingerprint density at radius 1 is 1.10 bits per heavy atom. The zero-order valence-electron chi connectivity index (χ0n) is 12.5. The maximum atomic E-state index is 6.00. The van der Waals surface area contributed by atoms with E-state index in [4.69, 9.17) is 16.6 Å². The SMILES string of the molecule is CCc1cc(CCl)cc(-n2cnc3cc(C)c(C)cc32)n1. The number of fused-ring (bicyclic) bond motifs is 1. The normalized spacial score (nSPS) is 11.2. The van der Waals surface area contributed by atoms with Crippen molar-refractivity contribution in [1.82, 2.24) is 14.5 Å². The molecule has 4 heteroatoms. The van der Waals surface area contributed by atoms with Crippen molar-refractivity contribution in [2.75, 3.05) is 0 Å². The van der Waals surface area contributed by atoms with Crippen LogP contribution in [0.1, 0.15) is 29.3 Å². The lowest BCUT2D eigenvalue weighted by atomic mass is 10.1. The van der Waals surface area contributed by atoms with Gasteiger partial charge in [-0.05, 0) is 61.2 Å². The van der Waals surface area contributed by atoms with Crippen LogP contribution in [0.2, 0.25) is 0 Å². The quantitative estimate of drug-likeness (QED) is 0.674. The van der Waals surface area contributed by atoms with Crippen LogP contribution < -0.4 is 0 Å². The Morgan fingerprint density at radius 3 is 2.57 bits per heavy atom. The number of nitrogens with zero attached hydrogens (tertiary/aromatic N) is 3. The van der Waals surface area contributed by atoms with Crippen molar-refractivity contribution in [3.05, 3.63) is 53.0 Å². The zero-order valence-corrected chi connectivity index (χ0v) is 13.3. The maximum Gasteiger partial charge on any atom is 0.138 e. The standard InChI is InChI=1S/C17H18ClN3/c1-4-14-7-13(9-18)8-17(20-14)21-10-19-15-5-11(2)12(3)6-16(15)21/h5-8,10H,4,9H2,1-3H3. The first-order valence-electron chi connectivity index (χ1n) is 7.13. The first-order valence-corrected chi connectivity index (χ1v) is 7.66. The molecule has 0 saturated carbocycles. The molecule has 0 aliphatic rings. The van der Waals surface area contributed by atoms with E-state index in [0.29, 0.717) is 5.88 Å². The predicted molar refractivity (Wildman–Crippen MR) is 87.3 cm³/mol. The minimum atomic E-state index is 0.493. The van der Waals surface area contributed by atoms with Crippen molar-refractivity contribution < 1.29 is 0 Å². The van der Waals surface area contributed by atoms with Gasteiger partial charge in [-0.25, -0.2) is 9.97 Å². The number of hydrogen-bond acceptors (Lipinski definition) is 2. The van der Waals surface area contributed by atoms with Gasteiger partial charge in [0, 0.05) is 11.6 Å².